The molecule has 140 heavy (non-hydrogen) atoms. The van der Waals surface area contributed by atoms with E-state index in [4.69, 9.17) is 57.8 Å². The molecule has 0 spiro atoms. The average molecular weight is 2010 g/mol. The third-order valence-electron chi connectivity index (χ3n) is 21.9. The maximum absolute atomic E-state index is 12.9. The number of hydrogen-bond acceptors (Lipinski definition) is 25. The monoisotopic (exact) mass is 2010 g/mol. The number of hydrogen-bond donors (Lipinski definition) is 3. The van der Waals surface area contributed by atoms with Gasteiger partial charge in [0.2, 0.25) is 0 Å². The van der Waals surface area contributed by atoms with Crippen molar-refractivity contribution in [3.63, 3.8) is 0 Å². The molecule has 707 valence electrons. The number of rotatable bonds is 20. The van der Waals surface area contributed by atoms with Gasteiger partial charge in [-0.1, -0.05) is 106 Å². The van der Waals surface area contributed by atoms with Gasteiger partial charge in [-0.05, 0) is 222 Å². The molecule has 0 saturated carbocycles. The summed E-state index contributed by atoms with van der Waals surface area (Å²) in [6.45, 7) is 18.8. The Labute approximate surface area is 855 Å². The standard InChI is InChI=1S/C55H54N6O4.C54H48N6O8.2CO2.Eu/c1-40-7-9-43(10-8-40)11-14-46-31-41(2)56-49(33-46)37-59-25-26-60(38-50-34-47(32-42(3)57-50)15-12-44-17-21-52(63-4)22-18-44)28-30-61(29-27-59)39-51-35-48(36-54(58-51)55(62)65-6)16-13-45-19-23-53(64-5)24-20-45;1-37-4-6-38(7-5-37)8-11-41-28-44(55-49(31-41)52(61)62)34-58-22-24-59(35-45-29-42(32-50(56-45)53(63)64)12-9-39-14-18-47(67-2)19-15-39)26-27-60(25-23-58)36-46-30-43(33-51(57-46)54(65)66)13-10-40-16-20-48(68-3)21-17-40;2*2-1-3;/h7-10,17-24,31-36H,25-30,37-39H2,1-6H3;4-7,14-21,28-33H,22-27,34-36H2,1-3H3,(H,61,62)(H,63,64)(H,65,66);;;/q;;;;+2. The van der Waals surface area contributed by atoms with Gasteiger partial charge < -0.3 is 39.0 Å². The zero-order chi connectivity index (χ0) is 99.0. The van der Waals surface area contributed by atoms with Crippen LogP contribution in [-0.4, -0.2) is 225 Å². The number of aromatic nitrogens is 6. The summed E-state index contributed by atoms with van der Waals surface area (Å²) in [6.07, 6.45) is 0.500. The largest absolute Gasteiger partial charge is 2.00 e. The van der Waals surface area contributed by atoms with Gasteiger partial charge in [-0.25, -0.2) is 39.1 Å². The van der Waals surface area contributed by atoms with Gasteiger partial charge in [0.15, 0.2) is 0 Å². The Morgan fingerprint density at radius 2 is 0.429 bits per heavy atom. The van der Waals surface area contributed by atoms with Crippen molar-refractivity contribution in [1.29, 1.82) is 0 Å². The summed E-state index contributed by atoms with van der Waals surface area (Å²) >= 11 is 0. The Bertz CT molecular complexity index is 6670. The van der Waals surface area contributed by atoms with Crippen LogP contribution in [0.1, 0.15) is 165 Å². The summed E-state index contributed by atoms with van der Waals surface area (Å²) in [5.41, 5.74) is 17.3. The Morgan fingerprint density at radius 1 is 0.257 bits per heavy atom. The van der Waals surface area contributed by atoms with Gasteiger partial charge in [0.05, 0.1) is 69.7 Å². The van der Waals surface area contributed by atoms with Crippen molar-refractivity contribution in [3.05, 3.63) is 365 Å². The second kappa shape index (κ2) is 55.2. The van der Waals surface area contributed by atoms with E-state index in [0.29, 0.717) is 129 Å². The van der Waals surface area contributed by atoms with Crippen LogP contribution in [0.4, 0.5) is 0 Å². The van der Waals surface area contributed by atoms with Crippen LogP contribution in [0.15, 0.2) is 218 Å². The summed E-state index contributed by atoms with van der Waals surface area (Å²) in [5.74, 6) is 37.4. The van der Waals surface area contributed by atoms with Gasteiger partial charge in [0.1, 0.15) is 45.8 Å². The number of methoxy groups -OCH3 is 5. The molecule has 28 nitrogen and oxygen atoms in total. The van der Waals surface area contributed by atoms with E-state index >= 15 is 0 Å². The molecular formula is C111H102EuN12O16+2. The second-order valence-corrected chi connectivity index (χ2v) is 32.3. The van der Waals surface area contributed by atoms with E-state index in [9.17, 15) is 34.5 Å². The van der Waals surface area contributed by atoms with Gasteiger partial charge in [-0.15, -0.1) is 0 Å². The van der Waals surface area contributed by atoms with E-state index in [2.05, 4.69) is 159 Å². The molecule has 1 radical (unpaired) electrons. The summed E-state index contributed by atoms with van der Waals surface area (Å²) in [5, 5.41) is 30.1. The van der Waals surface area contributed by atoms with E-state index in [1.165, 1.54) is 30.9 Å². The second-order valence-electron chi connectivity index (χ2n) is 32.3. The van der Waals surface area contributed by atoms with Crippen LogP contribution in [0.2, 0.25) is 0 Å². The van der Waals surface area contributed by atoms with Crippen molar-refractivity contribution < 1.29 is 127 Å². The number of nitrogens with zero attached hydrogens (tertiary/aromatic N) is 12. The van der Waals surface area contributed by atoms with Crippen molar-refractivity contribution in [2.75, 3.05) is 114 Å². The molecule has 6 aromatic carbocycles. The molecule has 0 atom stereocenters. The molecule has 14 rings (SSSR count). The molecule has 3 N–H and O–H groups in total. The van der Waals surface area contributed by atoms with Gasteiger partial charge in [-0.3, -0.25) is 39.4 Å². The number of carbonyl (C=O) groups is 4. The molecule has 2 aliphatic rings. The maximum atomic E-state index is 12.9. The first-order valence-electron chi connectivity index (χ1n) is 44.2. The Hall–Kier alpha value is -15.2. The predicted molar refractivity (Wildman–Crippen MR) is 519 cm³/mol. The minimum atomic E-state index is -1.18. The van der Waals surface area contributed by atoms with E-state index in [-0.39, 0.29) is 84.5 Å². The predicted octanol–water partition coefficient (Wildman–Crippen LogP) is 12.8. The minimum absolute atomic E-state index is 0. The Balaban J connectivity index is 0.000000271. The number of benzene rings is 6. The number of carboxylic acids is 3. The number of esters is 1. The number of pyridine rings is 6. The van der Waals surface area contributed by atoms with E-state index in [0.717, 1.165) is 129 Å². The van der Waals surface area contributed by atoms with E-state index < -0.39 is 23.9 Å². The average Bonchev–Trinajstić information content (AvgIpc) is 1.27. The summed E-state index contributed by atoms with van der Waals surface area (Å²) in [6, 6.07) is 67.6. The molecule has 2 aliphatic heterocycles. The fourth-order valence-corrected chi connectivity index (χ4v) is 14.8. The van der Waals surface area contributed by atoms with Crippen molar-refractivity contribution >= 4 is 36.2 Å². The Morgan fingerprint density at radius 3 is 0.621 bits per heavy atom. The molecule has 12 aromatic rings. The Kier molecular flexibility index (Phi) is 42.1. The summed E-state index contributed by atoms with van der Waals surface area (Å²) < 4.78 is 26.2. The molecule has 29 heteroatoms. The van der Waals surface area contributed by atoms with Crippen LogP contribution in [0, 0.1) is 148 Å². The van der Waals surface area contributed by atoms with Crippen molar-refractivity contribution in [2.45, 2.75) is 67.0 Å². The van der Waals surface area contributed by atoms with E-state index in [1.807, 2.05) is 136 Å². The van der Waals surface area contributed by atoms with Crippen molar-refractivity contribution in [1.82, 2.24) is 59.3 Å². The minimum Gasteiger partial charge on any atom is -0.497 e. The third kappa shape index (κ3) is 35.4. The zero-order valence-corrected chi connectivity index (χ0v) is 81.3. The molecule has 2 saturated heterocycles. The quantitative estimate of drug-likeness (QED) is 0.0471. The van der Waals surface area contributed by atoms with Crippen LogP contribution in [0.5, 0.6) is 23.0 Å². The van der Waals surface area contributed by atoms with Crippen LogP contribution in [0.3, 0.4) is 0 Å². The molecule has 0 aliphatic carbocycles. The molecule has 6 aromatic heterocycles. The van der Waals surface area contributed by atoms with Gasteiger partial charge >= 0.3 is 85.6 Å². The first kappa shape index (κ1) is 107. The van der Waals surface area contributed by atoms with Gasteiger partial charge in [-0.2, -0.15) is 19.2 Å². The first-order chi connectivity index (χ1) is 67.3. The number of aromatic carboxylic acids is 3. The smallest absolute Gasteiger partial charge is 0.497 e. The molecule has 0 unspecified atom stereocenters. The molecular weight excluding hydrogens is 1910 g/mol. The number of carboxylic acid groups (broad SMARTS) is 3. The van der Waals surface area contributed by atoms with Crippen molar-refractivity contribution in [2.24, 2.45) is 0 Å². The molecule has 0 amide bonds. The van der Waals surface area contributed by atoms with E-state index in [1.54, 1.807) is 77.0 Å². The first-order valence-corrected chi connectivity index (χ1v) is 44.2. The fourth-order valence-electron chi connectivity index (χ4n) is 14.8. The SMILES string of the molecule is COC(=O)c1cc(C#Cc2ccc(OC)cc2)cc(CN2CCN(Cc3cc(C#Cc4ccc(C)cc4)cc(C)n3)CCN(Cc3cc(C#Cc4ccc(OC)cc4)cc(C)n3)CC2)n1.COc1ccc(C#Cc2cc(CN3CCN(Cc4cc(C#Cc5ccc(C)cc5)cc(C(=O)O)n4)CCN(Cc4cc(C#Cc5ccc(OC)cc5)cc(C(=O)O)n4)CC3)nc(C(=O)O)c2)cc1.O=C=O.O=C=O.[Eu+2]. The fraction of sp³-hybridized carbons (Fsp3) is 0.243. The molecule has 2 fully saturated rings. The number of aryl methyl sites for hydroxylation is 4. The topological polar surface area (TPSA) is 340 Å². The number of ether oxygens (including phenoxy) is 5. The van der Waals surface area contributed by atoms with Crippen LogP contribution < -0.4 is 18.9 Å². The van der Waals surface area contributed by atoms with Gasteiger partial charge in [0.25, 0.3) is 0 Å². The molecule has 8 heterocycles. The molecule has 0 bridgehead atoms. The van der Waals surface area contributed by atoms with Gasteiger partial charge in [0, 0.05) is 196 Å². The summed E-state index contributed by atoms with van der Waals surface area (Å²) in [4.78, 5) is 124. The van der Waals surface area contributed by atoms with Crippen LogP contribution >= 0.6 is 0 Å². The zero-order valence-electron chi connectivity index (χ0n) is 78.9. The van der Waals surface area contributed by atoms with Crippen molar-refractivity contribution in [3.8, 4) is 94.0 Å². The summed E-state index contributed by atoms with van der Waals surface area (Å²) in [7, 11) is 7.83. The van der Waals surface area contributed by atoms with Crippen LogP contribution in [-0.2, 0) is 63.2 Å². The normalized spacial score (nSPS) is 12.7. The maximum Gasteiger partial charge on any atom is 2.00 e. The van der Waals surface area contributed by atoms with Crippen LogP contribution in [0.25, 0.3) is 0 Å². The number of carbonyl (C=O) groups excluding carboxylic acids is 5. The third-order valence-corrected chi connectivity index (χ3v) is 21.9.